The molecule has 4 aromatic rings. The fourth-order valence-electron chi connectivity index (χ4n) is 3.72. The molecule has 0 saturated heterocycles. The van der Waals surface area contributed by atoms with E-state index in [1.54, 1.807) is 23.1 Å². The standard InChI is InChI=1S/C25H23N3S2/c1-18-9-10-23-20(14-18)15-21-16-28(17-22-8-5-13-29-22)25(30-24(21)27-23)26-12-11-19-6-3-2-4-7-19/h2-10,13-15H,11-12,16-17H2,1H3. The van der Waals surface area contributed by atoms with E-state index in [2.05, 4.69) is 83.9 Å². The summed E-state index contributed by atoms with van der Waals surface area (Å²) < 4.78 is 0. The Kier molecular flexibility index (Phi) is 5.56. The molecule has 0 fully saturated rings. The fourth-order valence-corrected chi connectivity index (χ4v) is 5.42. The molecule has 0 saturated carbocycles. The Morgan fingerprint density at radius 3 is 2.77 bits per heavy atom. The molecule has 0 N–H and O–H groups in total. The molecule has 1 aliphatic rings. The first kappa shape index (κ1) is 19.3. The number of benzene rings is 2. The van der Waals surface area contributed by atoms with Gasteiger partial charge in [0.25, 0.3) is 0 Å². The molecule has 0 radical (unpaired) electrons. The van der Waals surface area contributed by atoms with Gasteiger partial charge in [-0.15, -0.1) is 11.3 Å². The number of fused-ring (bicyclic) bond motifs is 2. The number of aryl methyl sites for hydroxylation is 1. The van der Waals surface area contributed by atoms with Crippen molar-refractivity contribution >= 4 is 39.2 Å². The van der Waals surface area contributed by atoms with Gasteiger partial charge in [-0.2, -0.15) is 0 Å². The molecule has 0 bridgehead atoms. The summed E-state index contributed by atoms with van der Waals surface area (Å²) in [6.07, 6.45) is 0.953. The van der Waals surface area contributed by atoms with Crippen LogP contribution in [-0.4, -0.2) is 21.6 Å². The summed E-state index contributed by atoms with van der Waals surface area (Å²) in [6.45, 7) is 4.66. The number of rotatable bonds is 5. The van der Waals surface area contributed by atoms with Crippen LogP contribution >= 0.6 is 23.1 Å². The van der Waals surface area contributed by atoms with E-state index in [1.807, 2.05) is 0 Å². The van der Waals surface area contributed by atoms with Crippen LogP contribution in [0.5, 0.6) is 0 Å². The molecular weight excluding hydrogens is 406 g/mol. The number of thiophene rings is 1. The van der Waals surface area contributed by atoms with Crippen molar-refractivity contribution < 1.29 is 0 Å². The lowest BCUT2D eigenvalue weighted by atomic mass is 10.1. The number of aliphatic imine (C=N–C) groups is 1. The first-order valence-corrected chi connectivity index (χ1v) is 11.9. The van der Waals surface area contributed by atoms with Crippen molar-refractivity contribution in [1.82, 2.24) is 9.88 Å². The molecule has 0 unspecified atom stereocenters. The van der Waals surface area contributed by atoms with Crippen molar-refractivity contribution in [2.45, 2.75) is 31.5 Å². The lowest BCUT2D eigenvalue weighted by molar-refractivity contribution is 0.408. The summed E-state index contributed by atoms with van der Waals surface area (Å²) in [4.78, 5) is 13.7. The molecule has 0 spiro atoms. The van der Waals surface area contributed by atoms with Gasteiger partial charge in [-0.05, 0) is 60.3 Å². The predicted molar refractivity (Wildman–Crippen MR) is 128 cm³/mol. The minimum absolute atomic E-state index is 0.787. The van der Waals surface area contributed by atoms with Crippen LogP contribution in [0.2, 0.25) is 0 Å². The number of hydrogen-bond acceptors (Lipinski definition) is 4. The second kappa shape index (κ2) is 8.62. The van der Waals surface area contributed by atoms with E-state index in [9.17, 15) is 0 Å². The maximum Gasteiger partial charge on any atom is 0.166 e. The van der Waals surface area contributed by atoms with Gasteiger partial charge in [0.2, 0.25) is 0 Å². The van der Waals surface area contributed by atoms with Gasteiger partial charge in [0, 0.05) is 28.9 Å². The SMILES string of the molecule is Cc1ccc2nc3c(cc2c1)CN(Cc1cccs1)C(=NCCc1ccccc1)S3. The smallest absolute Gasteiger partial charge is 0.166 e. The Labute approximate surface area is 185 Å². The van der Waals surface area contributed by atoms with Crippen LogP contribution in [0.25, 0.3) is 10.9 Å². The van der Waals surface area contributed by atoms with Crippen LogP contribution in [0.15, 0.2) is 82.1 Å². The van der Waals surface area contributed by atoms with Gasteiger partial charge in [0.05, 0.1) is 12.1 Å². The largest absolute Gasteiger partial charge is 0.342 e. The maximum atomic E-state index is 5.00. The van der Waals surface area contributed by atoms with Crippen molar-refractivity contribution in [2.24, 2.45) is 4.99 Å². The molecule has 0 aliphatic carbocycles. The van der Waals surface area contributed by atoms with Crippen molar-refractivity contribution in [3.63, 3.8) is 0 Å². The lowest BCUT2D eigenvalue weighted by Gasteiger charge is -2.30. The van der Waals surface area contributed by atoms with Crippen LogP contribution in [0.1, 0.15) is 21.6 Å². The Balaban J connectivity index is 1.44. The second-order valence-electron chi connectivity index (χ2n) is 7.59. The monoisotopic (exact) mass is 429 g/mol. The molecular formula is C25H23N3S2. The van der Waals surface area contributed by atoms with Crippen LogP contribution in [0.3, 0.4) is 0 Å². The Morgan fingerprint density at radius 1 is 1.03 bits per heavy atom. The number of nitrogens with zero attached hydrogens (tertiary/aromatic N) is 3. The van der Waals surface area contributed by atoms with Gasteiger partial charge in [-0.25, -0.2) is 4.98 Å². The number of pyridine rings is 1. The average Bonchev–Trinajstić information content (AvgIpc) is 3.27. The average molecular weight is 430 g/mol. The van der Waals surface area contributed by atoms with E-state index in [0.717, 1.165) is 41.8 Å². The third-order valence-corrected chi connectivity index (χ3v) is 7.22. The normalized spacial score (nSPS) is 15.0. The molecule has 3 nitrogen and oxygen atoms in total. The summed E-state index contributed by atoms with van der Waals surface area (Å²) in [5.41, 5.74) is 4.94. The quantitative estimate of drug-likeness (QED) is 0.372. The number of aromatic nitrogens is 1. The van der Waals surface area contributed by atoms with Crippen LogP contribution in [0.4, 0.5) is 0 Å². The Morgan fingerprint density at radius 2 is 1.93 bits per heavy atom. The van der Waals surface area contributed by atoms with Crippen molar-refractivity contribution in [3.8, 4) is 0 Å². The number of thioether (sulfide) groups is 1. The van der Waals surface area contributed by atoms with Crippen LogP contribution < -0.4 is 0 Å². The van der Waals surface area contributed by atoms with Crippen molar-refractivity contribution in [3.05, 3.63) is 93.7 Å². The van der Waals surface area contributed by atoms with Crippen LogP contribution in [0, 0.1) is 6.92 Å². The molecule has 30 heavy (non-hydrogen) atoms. The van der Waals surface area contributed by atoms with E-state index in [4.69, 9.17) is 9.98 Å². The molecule has 5 heteroatoms. The van der Waals surface area contributed by atoms with Crippen LogP contribution in [-0.2, 0) is 19.5 Å². The summed E-state index contributed by atoms with van der Waals surface area (Å²) in [6, 6.07) is 23.7. The van der Waals surface area contributed by atoms with Gasteiger partial charge >= 0.3 is 0 Å². The maximum absolute atomic E-state index is 5.00. The first-order valence-electron chi connectivity index (χ1n) is 10.2. The highest BCUT2D eigenvalue weighted by molar-refractivity contribution is 8.13. The highest BCUT2D eigenvalue weighted by atomic mass is 32.2. The van der Waals surface area contributed by atoms with E-state index in [1.165, 1.54) is 27.0 Å². The summed E-state index contributed by atoms with van der Waals surface area (Å²) in [7, 11) is 0. The van der Waals surface area contributed by atoms with E-state index < -0.39 is 0 Å². The van der Waals surface area contributed by atoms with E-state index in [0.29, 0.717) is 0 Å². The highest BCUT2D eigenvalue weighted by Gasteiger charge is 2.24. The molecule has 150 valence electrons. The lowest BCUT2D eigenvalue weighted by Crippen LogP contribution is -2.31. The molecule has 2 aromatic heterocycles. The van der Waals surface area contributed by atoms with E-state index in [-0.39, 0.29) is 0 Å². The topological polar surface area (TPSA) is 28.5 Å². The van der Waals surface area contributed by atoms with Gasteiger partial charge in [0.15, 0.2) is 5.17 Å². The number of hydrogen-bond donors (Lipinski definition) is 0. The zero-order valence-corrected chi connectivity index (χ0v) is 18.5. The highest BCUT2D eigenvalue weighted by Crippen LogP contribution is 2.34. The molecule has 0 amide bonds. The van der Waals surface area contributed by atoms with Crippen molar-refractivity contribution in [1.29, 1.82) is 0 Å². The minimum Gasteiger partial charge on any atom is -0.342 e. The zero-order valence-electron chi connectivity index (χ0n) is 16.9. The van der Waals surface area contributed by atoms with Crippen molar-refractivity contribution in [2.75, 3.05) is 6.54 Å². The third kappa shape index (κ3) is 4.27. The molecule has 0 atom stereocenters. The third-order valence-electron chi connectivity index (χ3n) is 5.25. The summed E-state index contributed by atoms with van der Waals surface area (Å²) in [5, 5.41) is 5.53. The summed E-state index contributed by atoms with van der Waals surface area (Å²) in [5.74, 6) is 0. The molecule has 5 rings (SSSR count). The molecule has 3 heterocycles. The predicted octanol–water partition coefficient (Wildman–Crippen LogP) is 6.31. The second-order valence-corrected chi connectivity index (χ2v) is 9.57. The Hall–Kier alpha value is -2.63. The zero-order chi connectivity index (χ0) is 20.3. The van der Waals surface area contributed by atoms with Gasteiger partial charge in [0.1, 0.15) is 5.03 Å². The molecule has 1 aliphatic heterocycles. The first-order chi connectivity index (χ1) is 14.7. The number of amidine groups is 1. The van der Waals surface area contributed by atoms with Gasteiger partial charge < -0.3 is 4.90 Å². The minimum atomic E-state index is 0.787. The fraction of sp³-hybridized carbons (Fsp3) is 0.200. The van der Waals surface area contributed by atoms with E-state index >= 15 is 0 Å². The van der Waals surface area contributed by atoms with Gasteiger partial charge in [-0.3, -0.25) is 4.99 Å². The van der Waals surface area contributed by atoms with Gasteiger partial charge in [-0.1, -0.05) is 48.0 Å². The summed E-state index contributed by atoms with van der Waals surface area (Å²) >= 11 is 3.51. The molecule has 2 aromatic carbocycles. The Bertz CT molecular complexity index is 1180.